The highest BCUT2D eigenvalue weighted by Gasteiger charge is 1.96. The van der Waals surface area contributed by atoms with Gasteiger partial charge in [0.2, 0.25) is 0 Å². The van der Waals surface area contributed by atoms with Gasteiger partial charge in [-0.05, 0) is 23.6 Å². The number of rotatable bonds is 0. The predicted molar refractivity (Wildman–Crippen MR) is 51.5 cm³/mol. The van der Waals surface area contributed by atoms with Crippen LogP contribution in [0.3, 0.4) is 0 Å². The van der Waals surface area contributed by atoms with E-state index in [9.17, 15) is 0 Å². The van der Waals surface area contributed by atoms with Crippen molar-refractivity contribution < 1.29 is 0 Å². The van der Waals surface area contributed by atoms with E-state index in [-0.39, 0.29) is 0 Å². The van der Waals surface area contributed by atoms with Crippen LogP contribution in [-0.2, 0) is 0 Å². The van der Waals surface area contributed by atoms with E-state index < -0.39 is 0 Å². The maximum atomic E-state index is 8.66. The number of pyridine rings is 1. The van der Waals surface area contributed by atoms with E-state index in [2.05, 4.69) is 11.1 Å². The molecule has 2 nitrogen and oxygen atoms in total. The Morgan fingerprint density at radius 1 is 1.23 bits per heavy atom. The first kappa shape index (κ1) is 8.03. The Bertz CT molecular complexity index is 500. The van der Waals surface area contributed by atoms with Gasteiger partial charge in [-0.25, -0.2) is 4.98 Å². The molecule has 0 atom stereocenters. The fourth-order valence-corrected chi connectivity index (χ4v) is 1.35. The predicted octanol–water partition coefficient (Wildman–Crippen LogP) is 2.76. The molecule has 2 rings (SSSR count). The minimum absolute atomic E-state index is 0.470. The molecule has 0 saturated carbocycles. The van der Waals surface area contributed by atoms with Gasteiger partial charge in [-0.15, -0.1) is 0 Å². The summed E-state index contributed by atoms with van der Waals surface area (Å²) < 4.78 is 0. The standard InChI is InChI=1S/C10H5ClN2/c11-10-4-8-2-1-7(5-12)3-9(8)6-13-10/h1-4,6H. The monoisotopic (exact) mass is 188 g/mol. The first-order chi connectivity index (χ1) is 6.29. The topological polar surface area (TPSA) is 36.7 Å². The molecule has 2 aromatic rings. The molecule has 0 amide bonds. The van der Waals surface area contributed by atoms with Crippen LogP contribution in [0, 0.1) is 11.3 Å². The van der Waals surface area contributed by atoms with E-state index in [1.54, 1.807) is 24.4 Å². The van der Waals surface area contributed by atoms with Gasteiger partial charge in [-0.3, -0.25) is 0 Å². The summed E-state index contributed by atoms with van der Waals surface area (Å²) >= 11 is 5.72. The third-order valence-corrected chi connectivity index (χ3v) is 2.02. The second kappa shape index (κ2) is 3.04. The van der Waals surface area contributed by atoms with Crippen LogP contribution in [0.15, 0.2) is 30.5 Å². The second-order valence-corrected chi connectivity index (χ2v) is 3.07. The summed E-state index contributed by atoms with van der Waals surface area (Å²) in [6, 6.07) is 9.26. The zero-order valence-corrected chi connectivity index (χ0v) is 7.42. The van der Waals surface area contributed by atoms with Crippen molar-refractivity contribution in [2.45, 2.75) is 0 Å². The largest absolute Gasteiger partial charge is 0.244 e. The molecule has 0 aliphatic carbocycles. The second-order valence-electron chi connectivity index (χ2n) is 2.68. The summed E-state index contributed by atoms with van der Waals surface area (Å²) in [5, 5.41) is 11.1. The molecule has 62 valence electrons. The first-order valence-electron chi connectivity index (χ1n) is 3.75. The van der Waals surface area contributed by atoms with Gasteiger partial charge in [0.1, 0.15) is 5.15 Å². The Morgan fingerprint density at radius 2 is 2.08 bits per heavy atom. The van der Waals surface area contributed by atoms with Gasteiger partial charge < -0.3 is 0 Å². The van der Waals surface area contributed by atoms with E-state index in [1.165, 1.54) is 0 Å². The molecule has 1 heterocycles. The molecule has 1 aromatic carbocycles. The third-order valence-electron chi connectivity index (χ3n) is 1.82. The van der Waals surface area contributed by atoms with E-state index in [4.69, 9.17) is 16.9 Å². The molecular weight excluding hydrogens is 184 g/mol. The summed E-state index contributed by atoms with van der Waals surface area (Å²) in [4.78, 5) is 3.94. The first-order valence-corrected chi connectivity index (χ1v) is 4.13. The maximum absolute atomic E-state index is 8.66. The highest BCUT2D eigenvalue weighted by molar-refractivity contribution is 6.30. The van der Waals surface area contributed by atoms with Crippen molar-refractivity contribution in [3.8, 4) is 6.07 Å². The summed E-state index contributed by atoms with van der Waals surface area (Å²) in [5.41, 5.74) is 0.636. The molecule has 3 heteroatoms. The van der Waals surface area contributed by atoms with Crippen molar-refractivity contribution in [2.75, 3.05) is 0 Å². The van der Waals surface area contributed by atoms with Crippen LogP contribution < -0.4 is 0 Å². The molecule has 0 saturated heterocycles. The zero-order valence-electron chi connectivity index (χ0n) is 6.66. The number of hydrogen-bond donors (Lipinski definition) is 0. The van der Waals surface area contributed by atoms with Gasteiger partial charge in [-0.2, -0.15) is 5.26 Å². The number of hydrogen-bond acceptors (Lipinski definition) is 2. The van der Waals surface area contributed by atoms with Crippen LogP contribution in [0.25, 0.3) is 10.8 Å². The van der Waals surface area contributed by atoms with Crippen LogP contribution in [0.4, 0.5) is 0 Å². The summed E-state index contributed by atoms with van der Waals surface area (Å²) in [6.45, 7) is 0. The number of nitrogens with zero attached hydrogens (tertiary/aromatic N) is 2. The number of halogens is 1. The number of benzene rings is 1. The van der Waals surface area contributed by atoms with E-state index in [0.29, 0.717) is 10.7 Å². The van der Waals surface area contributed by atoms with Gasteiger partial charge in [0, 0.05) is 11.6 Å². The van der Waals surface area contributed by atoms with Gasteiger partial charge in [0.25, 0.3) is 0 Å². The van der Waals surface area contributed by atoms with Crippen molar-refractivity contribution in [3.05, 3.63) is 41.2 Å². The smallest absolute Gasteiger partial charge is 0.129 e. The Balaban J connectivity index is 2.75. The van der Waals surface area contributed by atoms with Crippen molar-refractivity contribution in [2.24, 2.45) is 0 Å². The highest BCUT2D eigenvalue weighted by atomic mass is 35.5. The molecule has 0 spiro atoms. The lowest BCUT2D eigenvalue weighted by atomic mass is 10.1. The van der Waals surface area contributed by atoms with Crippen LogP contribution in [0.5, 0.6) is 0 Å². The molecule has 0 N–H and O–H groups in total. The molecule has 1 aromatic heterocycles. The quantitative estimate of drug-likeness (QED) is 0.596. The Kier molecular flexibility index (Phi) is 1.88. The Hall–Kier alpha value is -1.59. The SMILES string of the molecule is N#Cc1ccc2cc(Cl)ncc2c1. The number of fused-ring (bicyclic) bond motifs is 1. The van der Waals surface area contributed by atoms with Crippen LogP contribution in [0.1, 0.15) is 5.56 Å². The highest BCUT2D eigenvalue weighted by Crippen LogP contribution is 2.17. The fraction of sp³-hybridized carbons (Fsp3) is 0. The summed E-state index contributed by atoms with van der Waals surface area (Å²) in [7, 11) is 0. The fourth-order valence-electron chi connectivity index (χ4n) is 1.18. The number of aromatic nitrogens is 1. The van der Waals surface area contributed by atoms with E-state index in [0.717, 1.165) is 10.8 Å². The van der Waals surface area contributed by atoms with Crippen LogP contribution >= 0.6 is 11.6 Å². The van der Waals surface area contributed by atoms with Crippen molar-refractivity contribution in [1.82, 2.24) is 4.98 Å². The van der Waals surface area contributed by atoms with Crippen molar-refractivity contribution >= 4 is 22.4 Å². The summed E-state index contributed by atoms with van der Waals surface area (Å²) in [5.74, 6) is 0. The third kappa shape index (κ3) is 1.47. The average Bonchev–Trinajstić information content (AvgIpc) is 2.17. The lowest BCUT2D eigenvalue weighted by molar-refractivity contribution is 1.36. The normalized spacial score (nSPS) is 9.85. The lowest BCUT2D eigenvalue weighted by Crippen LogP contribution is -1.79. The summed E-state index contributed by atoms with van der Waals surface area (Å²) in [6.07, 6.45) is 1.67. The molecule has 0 aliphatic heterocycles. The van der Waals surface area contributed by atoms with E-state index >= 15 is 0 Å². The molecule has 0 bridgehead atoms. The van der Waals surface area contributed by atoms with Gasteiger partial charge >= 0.3 is 0 Å². The molecule has 13 heavy (non-hydrogen) atoms. The van der Waals surface area contributed by atoms with Gasteiger partial charge in [0.05, 0.1) is 11.6 Å². The molecule has 0 aliphatic rings. The maximum Gasteiger partial charge on any atom is 0.129 e. The van der Waals surface area contributed by atoms with E-state index in [1.807, 2.05) is 6.07 Å². The molecular formula is C10H5ClN2. The Labute approximate surface area is 80.4 Å². The minimum Gasteiger partial charge on any atom is -0.244 e. The lowest BCUT2D eigenvalue weighted by Gasteiger charge is -1.97. The van der Waals surface area contributed by atoms with Crippen LogP contribution in [-0.4, -0.2) is 4.98 Å². The minimum atomic E-state index is 0.470. The zero-order chi connectivity index (χ0) is 9.26. The Morgan fingerprint density at radius 3 is 2.85 bits per heavy atom. The van der Waals surface area contributed by atoms with Gasteiger partial charge in [0.15, 0.2) is 0 Å². The molecule has 0 radical (unpaired) electrons. The molecule has 0 unspecified atom stereocenters. The molecule has 0 fully saturated rings. The van der Waals surface area contributed by atoms with Gasteiger partial charge in [-0.1, -0.05) is 17.7 Å². The average molecular weight is 189 g/mol. The number of nitriles is 1. The van der Waals surface area contributed by atoms with Crippen molar-refractivity contribution in [1.29, 1.82) is 5.26 Å². The van der Waals surface area contributed by atoms with Crippen LogP contribution in [0.2, 0.25) is 5.15 Å². The van der Waals surface area contributed by atoms with Crippen molar-refractivity contribution in [3.63, 3.8) is 0 Å².